The van der Waals surface area contributed by atoms with Crippen LogP contribution in [0.1, 0.15) is 29.8 Å². The normalized spacial score (nSPS) is 15.3. The molecule has 1 aliphatic heterocycles. The number of hydrogen-bond acceptors (Lipinski definition) is 7. The van der Waals surface area contributed by atoms with Crippen LogP contribution in [0, 0.1) is 10.1 Å². The minimum Gasteiger partial charge on any atom is -0.492 e. The van der Waals surface area contributed by atoms with Gasteiger partial charge < -0.3 is 14.8 Å². The third-order valence-corrected chi connectivity index (χ3v) is 5.51. The third kappa shape index (κ3) is 4.32. The Morgan fingerprint density at radius 3 is 2.69 bits per heavy atom. The highest BCUT2D eigenvalue weighted by Gasteiger charge is 2.26. The highest BCUT2D eigenvalue weighted by atomic mass is 32.2. The number of carbonyl (C=O) groups is 1. The SMILES string of the molecule is CCOc1cc2c(cc1NC(=O)c1ccc(S(C)(=O)=O)c([N+](=O)[O-])c1)O[C@H](C)C2. The third-order valence-electron chi connectivity index (χ3n) is 4.36. The van der Waals surface area contributed by atoms with E-state index in [2.05, 4.69) is 5.32 Å². The molecule has 1 amide bonds. The zero-order valence-corrected chi connectivity index (χ0v) is 16.9. The zero-order valence-electron chi connectivity index (χ0n) is 16.1. The van der Waals surface area contributed by atoms with Crippen LogP contribution in [0.5, 0.6) is 11.5 Å². The molecule has 1 aliphatic rings. The number of benzene rings is 2. The number of nitrogens with zero attached hydrogens (tertiary/aromatic N) is 1. The van der Waals surface area contributed by atoms with Crippen molar-refractivity contribution < 1.29 is 27.6 Å². The molecule has 1 N–H and O–H groups in total. The smallest absolute Gasteiger partial charge is 0.288 e. The van der Waals surface area contributed by atoms with E-state index in [0.717, 1.165) is 30.4 Å². The first kappa shape index (κ1) is 20.6. The van der Waals surface area contributed by atoms with Crippen molar-refractivity contribution in [3.8, 4) is 11.5 Å². The van der Waals surface area contributed by atoms with Crippen LogP contribution in [-0.4, -0.2) is 38.2 Å². The van der Waals surface area contributed by atoms with Gasteiger partial charge in [-0.25, -0.2) is 8.42 Å². The van der Waals surface area contributed by atoms with Crippen molar-refractivity contribution in [1.82, 2.24) is 0 Å². The lowest BCUT2D eigenvalue weighted by atomic mass is 10.1. The molecule has 0 fully saturated rings. The predicted octanol–water partition coefficient (Wildman–Crippen LogP) is 2.97. The Hall–Kier alpha value is -3.14. The van der Waals surface area contributed by atoms with Gasteiger partial charge in [-0.2, -0.15) is 0 Å². The van der Waals surface area contributed by atoms with Gasteiger partial charge in [0, 0.05) is 35.9 Å². The fourth-order valence-electron chi connectivity index (χ4n) is 3.12. The van der Waals surface area contributed by atoms with Gasteiger partial charge in [0.1, 0.15) is 22.5 Å². The number of fused-ring (bicyclic) bond motifs is 1. The Labute approximate surface area is 167 Å². The van der Waals surface area contributed by atoms with Gasteiger partial charge in [-0.15, -0.1) is 0 Å². The van der Waals surface area contributed by atoms with Crippen molar-refractivity contribution in [1.29, 1.82) is 0 Å². The molecule has 1 heterocycles. The van der Waals surface area contributed by atoms with E-state index in [1.54, 1.807) is 12.1 Å². The topological polar surface area (TPSA) is 125 Å². The second-order valence-electron chi connectivity index (χ2n) is 6.69. The quantitative estimate of drug-likeness (QED) is 0.562. The summed E-state index contributed by atoms with van der Waals surface area (Å²) in [4.78, 5) is 22.7. The molecule has 0 saturated heterocycles. The number of nitro benzene ring substituents is 1. The molecule has 2 aromatic carbocycles. The second kappa shape index (κ2) is 7.70. The Morgan fingerprint density at radius 1 is 1.34 bits per heavy atom. The number of hydrogen-bond donors (Lipinski definition) is 1. The van der Waals surface area contributed by atoms with Gasteiger partial charge in [0.2, 0.25) is 0 Å². The number of ether oxygens (including phenoxy) is 2. The van der Waals surface area contributed by atoms with Crippen molar-refractivity contribution >= 4 is 27.1 Å². The molecule has 0 saturated carbocycles. The summed E-state index contributed by atoms with van der Waals surface area (Å²) < 4.78 is 34.8. The number of sulfone groups is 1. The molecule has 29 heavy (non-hydrogen) atoms. The number of anilines is 1. The summed E-state index contributed by atoms with van der Waals surface area (Å²) in [6.45, 7) is 4.12. The Morgan fingerprint density at radius 2 is 2.07 bits per heavy atom. The minimum atomic E-state index is -3.82. The highest BCUT2D eigenvalue weighted by molar-refractivity contribution is 7.90. The van der Waals surface area contributed by atoms with E-state index in [1.165, 1.54) is 6.07 Å². The standard InChI is InChI=1S/C19H20N2O7S/c1-4-27-17-9-13-7-11(2)28-16(13)10-14(17)20-19(22)12-5-6-18(29(3,25)26)15(8-12)21(23)24/h5-6,8-11H,4,7H2,1-3H3,(H,20,22)/t11-/m1/s1. The van der Waals surface area contributed by atoms with Crippen LogP contribution in [0.3, 0.4) is 0 Å². The van der Waals surface area contributed by atoms with Crippen LogP contribution in [-0.2, 0) is 16.3 Å². The summed E-state index contributed by atoms with van der Waals surface area (Å²) in [5.41, 5.74) is 0.615. The van der Waals surface area contributed by atoms with Crippen molar-refractivity contribution in [3.05, 3.63) is 51.6 Å². The lowest BCUT2D eigenvalue weighted by Crippen LogP contribution is -2.14. The molecule has 0 unspecified atom stereocenters. The van der Waals surface area contributed by atoms with Crippen molar-refractivity contribution in [3.63, 3.8) is 0 Å². The zero-order chi connectivity index (χ0) is 21.3. The van der Waals surface area contributed by atoms with E-state index < -0.39 is 31.3 Å². The van der Waals surface area contributed by atoms with Gasteiger partial charge in [0.25, 0.3) is 11.6 Å². The average Bonchev–Trinajstić information content (AvgIpc) is 2.99. The molecule has 0 radical (unpaired) electrons. The number of amides is 1. The fraction of sp³-hybridized carbons (Fsp3) is 0.316. The average molecular weight is 420 g/mol. The van der Waals surface area contributed by atoms with Gasteiger partial charge in [-0.3, -0.25) is 14.9 Å². The molecule has 10 heteroatoms. The van der Waals surface area contributed by atoms with E-state index in [0.29, 0.717) is 23.8 Å². The first-order chi connectivity index (χ1) is 13.6. The van der Waals surface area contributed by atoms with E-state index in [-0.39, 0.29) is 11.7 Å². The summed E-state index contributed by atoms with van der Waals surface area (Å²) >= 11 is 0. The summed E-state index contributed by atoms with van der Waals surface area (Å²) in [5, 5.41) is 13.9. The van der Waals surface area contributed by atoms with Crippen LogP contribution in [0.25, 0.3) is 0 Å². The Kier molecular flexibility index (Phi) is 5.47. The molecular weight excluding hydrogens is 400 g/mol. The Balaban J connectivity index is 1.96. The van der Waals surface area contributed by atoms with Crippen molar-refractivity contribution in [2.45, 2.75) is 31.3 Å². The molecule has 3 rings (SSSR count). The first-order valence-electron chi connectivity index (χ1n) is 8.86. The summed E-state index contributed by atoms with van der Waals surface area (Å²) in [5.74, 6) is 0.453. The predicted molar refractivity (Wildman–Crippen MR) is 106 cm³/mol. The van der Waals surface area contributed by atoms with E-state index >= 15 is 0 Å². The molecule has 0 aromatic heterocycles. The summed E-state index contributed by atoms with van der Waals surface area (Å²) in [6, 6.07) is 6.68. The maximum absolute atomic E-state index is 12.7. The highest BCUT2D eigenvalue weighted by Crippen LogP contribution is 2.38. The van der Waals surface area contributed by atoms with Crippen LogP contribution in [0.2, 0.25) is 0 Å². The van der Waals surface area contributed by atoms with Crippen LogP contribution < -0.4 is 14.8 Å². The molecule has 2 aromatic rings. The van der Waals surface area contributed by atoms with Gasteiger partial charge >= 0.3 is 0 Å². The van der Waals surface area contributed by atoms with Gasteiger partial charge in [-0.1, -0.05) is 0 Å². The van der Waals surface area contributed by atoms with Gasteiger partial charge in [0.15, 0.2) is 9.84 Å². The maximum atomic E-state index is 12.7. The second-order valence-corrected chi connectivity index (χ2v) is 8.67. The van der Waals surface area contributed by atoms with Crippen LogP contribution >= 0.6 is 0 Å². The summed E-state index contributed by atoms with van der Waals surface area (Å²) in [6.07, 6.45) is 1.61. The molecule has 154 valence electrons. The number of nitro groups is 1. The maximum Gasteiger partial charge on any atom is 0.288 e. The number of rotatable bonds is 6. The largest absolute Gasteiger partial charge is 0.492 e. The summed E-state index contributed by atoms with van der Waals surface area (Å²) in [7, 11) is -3.82. The molecular formula is C19H20N2O7S. The van der Waals surface area contributed by atoms with Crippen LogP contribution in [0.15, 0.2) is 35.2 Å². The van der Waals surface area contributed by atoms with E-state index in [9.17, 15) is 23.3 Å². The lowest BCUT2D eigenvalue weighted by Gasteiger charge is -2.14. The van der Waals surface area contributed by atoms with E-state index in [1.807, 2.05) is 13.8 Å². The lowest BCUT2D eigenvalue weighted by molar-refractivity contribution is -0.387. The molecule has 1 atom stereocenters. The van der Waals surface area contributed by atoms with Gasteiger partial charge in [-0.05, 0) is 32.0 Å². The molecule has 0 spiro atoms. The number of carbonyl (C=O) groups excluding carboxylic acids is 1. The fourth-order valence-corrected chi connectivity index (χ4v) is 3.95. The Bertz CT molecular complexity index is 1100. The van der Waals surface area contributed by atoms with Crippen molar-refractivity contribution in [2.24, 2.45) is 0 Å². The van der Waals surface area contributed by atoms with Crippen molar-refractivity contribution in [2.75, 3.05) is 18.2 Å². The molecule has 0 bridgehead atoms. The van der Waals surface area contributed by atoms with E-state index in [4.69, 9.17) is 9.47 Å². The van der Waals surface area contributed by atoms with Gasteiger partial charge in [0.05, 0.1) is 17.2 Å². The monoisotopic (exact) mass is 420 g/mol. The number of nitrogens with one attached hydrogen (secondary N) is 1. The first-order valence-corrected chi connectivity index (χ1v) is 10.8. The molecule has 9 nitrogen and oxygen atoms in total. The minimum absolute atomic E-state index is 0.0108. The molecule has 0 aliphatic carbocycles. The van der Waals surface area contributed by atoms with Crippen LogP contribution in [0.4, 0.5) is 11.4 Å².